The topological polar surface area (TPSA) is 76.7 Å². The van der Waals surface area contributed by atoms with Gasteiger partial charge in [0.15, 0.2) is 12.7 Å². The second kappa shape index (κ2) is 8.73. The smallest absolute Gasteiger partial charge is 0.279 e. The lowest BCUT2D eigenvalue weighted by atomic mass is 10.1. The van der Waals surface area contributed by atoms with E-state index in [1.807, 2.05) is 50.2 Å². The maximum atomic E-state index is 11.9. The lowest BCUT2D eigenvalue weighted by molar-refractivity contribution is -0.133. The SMILES string of the molecule is Cc1ccc(C)c(OCC(=O)NNC(=O)[C@@H](C)Oc2ccccc2)c1. The van der Waals surface area contributed by atoms with Crippen LogP contribution in [0, 0.1) is 13.8 Å². The standard InChI is InChI=1S/C19H22N2O4/c1-13-9-10-14(2)17(11-13)24-12-18(22)20-21-19(23)15(3)25-16-7-5-4-6-8-16/h4-11,15H,12H2,1-3H3,(H,20,22)(H,21,23)/t15-/m1/s1. The van der Waals surface area contributed by atoms with Gasteiger partial charge in [0.05, 0.1) is 0 Å². The Balaban J connectivity index is 1.75. The molecule has 2 amide bonds. The van der Waals surface area contributed by atoms with E-state index in [0.717, 1.165) is 11.1 Å². The molecule has 0 saturated heterocycles. The molecule has 1 atom stereocenters. The fourth-order valence-electron chi connectivity index (χ4n) is 2.03. The molecule has 132 valence electrons. The summed E-state index contributed by atoms with van der Waals surface area (Å²) < 4.78 is 10.9. The third-order valence-electron chi connectivity index (χ3n) is 3.45. The molecule has 0 aliphatic rings. The van der Waals surface area contributed by atoms with Crippen molar-refractivity contribution >= 4 is 11.8 Å². The number of carbonyl (C=O) groups excluding carboxylic acids is 2. The predicted octanol–water partition coefficient (Wildman–Crippen LogP) is 2.30. The highest BCUT2D eigenvalue weighted by Crippen LogP contribution is 2.18. The van der Waals surface area contributed by atoms with E-state index in [2.05, 4.69) is 10.9 Å². The molecule has 0 radical (unpaired) electrons. The molecule has 2 N–H and O–H groups in total. The zero-order chi connectivity index (χ0) is 18.2. The lowest BCUT2D eigenvalue weighted by Gasteiger charge is -2.15. The summed E-state index contributed by atoms with van der Waals surface area (Å²) in [5, 5.41) is 0. The van der Waals surface area contributed by atoms with E-state index >= 15 is 0 Å². The number of carbonyl (C=O) groups is 2. The average Bonchev–Trinajstić information content (AvgIpc) is 2.61. The van der Waals surface area contributed by atoms with E-state index in [1.54, 1.807) is 19.1 Å². The number of ether oxygens (including phenoxy) is 2. The largest absolute Gasteiger partial charge is 0.483 e. The van der Waals surface area contributed by atoms with E-state index in [-0.39, 0.29) is 6.61 Å². The van der Waals surface area contributed by atoms with Crippen LogP contribution >= 0.6 is 0 Å². The molecule has 6 heteroatoms. The van der Waals surface area contributed by atoms with Crippen LogP contribution in [0.3, 0.4) is 0 Å². The van der Waals surface area contributed by atoms with Crippen LogP contribution in [0.2, 0.25) is 0 Å². The van der Waals surface area contributed by atoms with Crippen molar-refractivity contribution in [2.24, 2.45) is 0 Å². The van der Waals surface area contributed by atoms with Gasteiger partial charge in [-0.2, -0.15) is 0 Å². The molecule has 0 aromatic heterocycles. The molecule has 2 aromatic carbocycles. The van der Waals surface area contributed by atoms with Crippen LogP contribution in [0.25, 0.3) is 0 Å². The molecule has 0 aliphatic heterocycles. The highest BCUT2D eigenvalue weighted by molar-refractivity contribution is 5.85. The summed E-state index contributed by atoms with van der Waals surface area (Å²) in [7, 11) is 0. The van der Waals surface area contributed by atoms with Crippen LogP contribution in [0.5, 0.6) is 11.5 Å². The zero-order valence-corrected chi connectivity index (χ0v) is 14.5. The Morgan fingerprint density at radius 1 is 1.04 bits per heavy atom. The van der Waals surface area contributed by atoms with Crippen molar-refractivity contribution < 1.29 is 19.1 Å². The fraction of sp³-hybridized carbons (Fsp3) is 0.263. The van der Waals surface area contributed by atoms with E-state index in [4.69, 9.17) is 9.47 Å². The zero-order valence-electron chi connectivity index (χ0n) is 14.5. The molecule has 0 fully saturated rings. The van der Waals surface area contributed by atoms with Crippen molar-refractivity contribution in [3.8, 4) is 11.5 Å². The number of rotatable bonds is 6. The van der Waals surface area contributed by atoms with Gasteiger partial charge in [0.1, 0.15) is 11.5 Å². The van der Waals surface area contributed by atoms with Gasteiger partial charge in [0, 0.05) is 0 Å². The van der Waals surface area contributed by atoms with Crippen LogP contribution in [0.4, 0.5) is 0 Å². The summed E-state index contributed by atoms with van der Waals surface area (Å²) in [5.74, 6) is 0.307. The maximum Gasteiger partial charge on any atom is 0.279 e. The van der Waals surface area contributed by atoms with E-state index in [9.17, 15) is 9.59 Å². The third kappa shape index (κ3) is 5.84. The first-order chi connectivity index (χ1) is 12.0. The number of hydrogen-bond donors (Lipinski definition) is 2. The molecule has 2 rings (SSSR count). The Labute approximate surface area is 147 Å². The van der Waals surface area contributed by atoms with E-state index < -0.39 is 17.9 Å². The molecule has 0 saturated carbocycles. The molecule has 0 heterocycles. The van der Waals surface area contributed by atoms with Crippen LogP contribution < -0.4 is 20.3 Å². The Kier molecular flexibility index (Phi) is 6.39. The molecular weight excluding hydrogens is 320 g/mol. The van der Waals surface area contributed by atoms with Crippen molar-refractivity contribution in [1.29, 1.82) is 0 Å². The normalized spacial score (nSPS) is 11.3. The number of benzene rings is 2. The van der Waals surface area contributed by atoms with Gasteiger partial charge in [0.2, 0.25) is 0 Å². The van der Waals surface area contributed by atoms with Crippen molar-refractivity contribution in [3.05, 3.63) is 59.7 Å². The summed E-state index contributed by atoms with van der Waals surface area (Å²) in [4.78, 5) is 23.7. The molecule has 0 bridgehead atoms. The highest BCUT2D eigenvalue weighted by atomic mass is 16.5. The van der Waals surface area contributed by atoms with Crippen molar-refractivity contribution in [2.45, 2.75) is 26.9 Å². The third-order valence-corrected chi connectivity index (χ3v) is 3.45. The van der Waals surface area contributed by atoms with Gasteiger partial charge in [-0.05, 0) is 50.1 Å². The van der Waals surface area contributed by atoms with Gasteiger partial charge in [0.25, 0.3) is 11.8 Å². The molecule has 6 nitrogen and oxygen atoms in total. The second-order valence-corrected chi connectivity index (χ2v) is 5.67. The summed E-state index contributed by atoms with van der Waals surface area (Å²) in [6.07, 6.45) is -0.748. The monoisotopic (exact) mass is 342 g/mol. The summed E-state index contributed by atoms with van der Waals surface area (Å²) in [6, 6.07) is 14.7. The molecular formula is C19H22N2O4. The van der Waals surface area contributed by atoms with Gasteiger partial charge < -0.3 is 9.47 Å². The van der Waals surface area contributed by atoms with Crippen LogP contribution in [0.1, 0.15) is 18.1 Å². The second-order valence-electron chi connectivity index (χ2n) is 5.67. The Morgan fingerprint density at radius 2 is 1.76 bits per heavy atom. The number of nitrogens with one attached hydrogen (secondary N) is 2. The molecule has 0 spiro atoms. The van der Waals surface area contributed by atoms with Crippen molar-refractivity contribution in [2.75, 3.05) is 6.61 Å². The molecule has 0 unspecified atom stereocenters. The summed E-state index contributed by atoms with van der Waals surface area (Å²) in [6.45, 7) is 5.25. The Bertz CT molecular complexity index is 731. The molecule has 25 heavy (non-hydrogen) atoms. The average molecular weight is 342 g/mol. The first kappa shape index (κ1) is 18.3. The van der Waals surface area contributed by atoms with Gasteiger partial charge in [-0.3, -0.25) is 20.4 Å². The predicted molar refractivity (Wildman–Crippen MR) is 94.2 cm³/mol. The van der Waals surface area contributed by atoms with E-state index in [0.29, 0.717) is 11.5 Å². The minimum Gasteiger partial charge on any atom is -0.483 e. The van der Waals surface area contributed by atoms with Crippen LogP contribution in [-0.4, -0.2) is 24.5 Å². The number of para-hydroxylation sites is 1. The highest BCUT2D eigenvalue weighted by Gasteiger charge is 2.15. The number of amides is 2. The Morgan fingerprint density at radius 3 is 2.48 bits per heavy atom. The molecule has 2 aromatic rings. The minimum atomic E-state index is -0.748. The van der Waals surface area contributed by atoms with Gasteiger partial charge in [-0.15, -0.1) is 0 Å². The fourth-order valence-corrected chi connectivity index (χ4v) is 2.03. The first-order valence-corrected chi connectivity index (χ1v) is 7.96. The number of aryl methyl sites for hydroxylation is 2. The van der Waals surface area contributed by atoms with Crippen molar-refractivity contribution in [1.82, 2.24) is 10.9 Å². The quantitative estimate of drug-likeness (QED) is 0.790. The summed E-state index contributed by atoms with van der Waals surface area (Å²) in [5.41, 5.74) is 6.61. The first-order valence-electron chi connectivity index (χ1n) is 7.96. The summed E-state index contributed by atoms with van der Waals surface area (Å²) >= 11 is 0. The van der Waals surface area contributed by atoms with Gasteiger partial charge in [-0.25, -0.2) is 0 Å². The van der Waals surface area contributed by atoms with Crippen molar-refractivity contribution in [3.63, 3.8) is 0 Å². The Hall–Kier alpha value is -3.02. The van der Waals surface area contributed by atoms with Gasteiger partial charge in [-0.1, -0.05) is 30.3 Å². The lowest BCUT2D eigenvalue weighted by Crippen LogP contribution is -2.48. The molecule has 0 aliphatic carbocycles. The maximum absolute atomic E-state index is 11.9. The number of hydrogen-bond acceptors (Lipinski definition) is 4. The number of hydrazine groups is 1. The van der Waals surface area contributed by atoms with Crippen LogP contribution in [0.15, 0.2) is 48.5 Å². The van der Waals surface area contributed by atoms with Gasteiger partial charge >= 0.3 is 0 Å². The minimum absolute atomic E-state index is 0.196. The van der Waals surface area contributed by atoms with E-state index in [1.165, 1.54) is 0 Å². The van der Waals surface area contributed by atoms with Crippen LogP contribution in [-0.2, 0) is 9.59 Å².